The highest BCUT2D eigenvalue weighted by Crippen LogP contribution is 2.36. The van der Waals surface area contributed by atoms with Gasteiger partial charge in [-0.15, -0.1) is 0 Å². The molecule has 112 valence electrons. The smallest absolute Gasteiger partial charge is 0.303 e. The molecule has 0 saturated carbocycles. The fraction of sp³-hybridized carbons (Fsp3) is 0.375. The molecule has 2 rings (SSSR count). The number of esters is 2. The molecule has 4 nitrogen and oxygen atoms in total. The van der Waals surface area contributed by atoms with Crippen molar-refractivity contribution in [3.05, 3.63) is 46.3 Å². The Morgan fingerprint density at radius 3 is 1.76 bits per heavy atom. The Bertz CT molecular complexity index is 494. The highest BCUT2D eigenvalue weighted by atomic mass is 32.2. The monoisotopic (exact) mass is 306 g/mol. The van der Waals surface area contributed by atoms with E-state index in [1.807, 2.05) is 36.5 Å². The maximum Gasteiger partial charge on any atom is 0.303 e. The van der Waals surface area contributed by atoms with Gasteiger partial charge >= 0.3 is 11.9 Å². The molecular formula is C16H18O4S. The topological polar surface area (TPSA) is 52.6 Å². The predicted molar refractivity (Wildman–Crippen MR) is 82.4 cm³/mol. The highest BCUT2D eigenvalue weighted by Gasteiger charge is 2.19. The second kappa shape index (κ2) is 7.31. The third-order valence-electron chi connectivity index (χ3n) is 2.92. The number of carbonyl (C=O) groups excluding carboxylic acids is 2. The summed E-state index contributed by atoms with van der Waals surface area (Å²) in [6, 6.07) is 0. The summed E-state index contributed by atoms with van der Waals surface area (Å²) in [4.78, 5) is 24.3. The van der Waals surface area contributed by atoms with Crippen LogP contribution in [-0.2, 0) is 19.1 Å². The number of allylic oxidation sites excluding steroid dienone is 4. The van der Waals surface area contributed by atoms with Crippen LogP contribution in [0.5, 0.6) is 0 Å². The van der Waals surface area contributed by atoms with Crippen molar-refractivity contribution in [2.75, 3.05) is 0 Å². The van der Waals surface area contributed by atoms with Crippen molar-refractivity contribution in [1.82, 2.24) is 0 Å². The second-order valence-corrected chi connectivity index (χ2v) is 6.09. The third-order valence-corrected chi connectivity index (χ3v) is 4.05. The summed E-state index contributed by atoms with van der Waals surface area (Å²) >= 11 is 1.64. The summed E-state index contributed by atoms with van der Waals surface area (Å²) in [6.45, 7) is 2.83. The standard InChI is InChI=1S/C16H18O4S/c1-11(17)19-13-5-3-7-15(9-13)21-16-8-4-6-14(10-16)20-12(2)18/h3-8,13-14H,9-10H2,1-2H3. The lowest BCUT2D eigenvalue weighted by atomic mass is 10.1. The van der Waals surface area contributed by atoms with Gasteiger partial charge in [0.1, 0.15) is 12.2 Å². The maximum atomic E-state index is 11.0. The first-order chi connectivity index (χ1) is 10.0. The minimum Gasteiger partial charge on any atom is -0.458 e. The van der Waals surface area contributed by atoms with Crippen molar-refractivity contribution >= 4 is 23.7 Å². The van der Waals surface area contributed by atoms with E-state index in [0.29, 0.717) is 12.8 Å². The Morgan fingerprint density at radius 1 is 0.952 bits per heavy atom. The zero-order valence-corrected chi connectivity index (χ0v) is 12.9. The van der Waals surface area contributed by atoms with Crippen molar-refractivity contribution < 1.29 is 19.1 Å². The molecule has 0 aromatic carbocycles. The Morgan fingerprint density at radius 2 is 1.38 bits per heavy atom. The van der Waals surface area contributed by atoms with Crippen LogP contribution in [0.3, 0.4) is 0 Å². The molecule has 2 unspecified atom stereocenters. The van der Waals surface area contributed by atoms with Gasteiger partial charge in [-0.3, -0.25) is 9.59 Å². The lowest BCUT2D eigenvalue weighted by Gasteiger charge is -2.21. The minimum atomic E-state index is -0.273. The van der Waals surface area contributed by atoms with Gasteiger partial charge in [-0.05, 0) is 22.0 Å². The Kier molecular flexibility index (Phi) is 5.44. The largest absolute Gasteiger partial charge is 0.458 e. The Labute approximate surface area is 128 Å². The summed E-state index contributed by atoms with van der Waals surface area (Å²) < 4.78 is 10.4. The first kappa shape index (κ1) is 15.6. The molecule has 0 spiro atoms. The van der Waals surface area contributed by atoms with E-state index < -0.39 is 0 Å². The summed E-state index contributed by atoms with van der Waals surface area (Å²) in [5.74, 6) is -0.545. The molecule has 0 saturated heterocycles. The fourth-order valence-corrected chi connectivity index (χ4v) is 3.28. The molecule has 0 aliphatic heterocycles. The molecule has 2 aliphatic carbocycles. The van der Waals surface area contributed by atoms with Crippen LogP contribution in [0.1, 0.15) is 26.7 Å². The minimum absolute atomic E-state index is 0.195. The summed E-state index contributed by atoms with van der Waals surface area (Å²) in [5.41, 5.74) is 0. The van der Waals surface area contributed by atoms with Crippen molar-refractivity contribution in [2.45, 2.75) is 38.9 Å². The Balaban J connectivity index is 1.90. The van der Waals surface area contributed by atoms with Crippen LogP contribution in [0.2, 0.25) is 0 Å². The maximum absolute atomic E-state index is 11.0. The fourth-order valence-electron chi connectivity index (χ4n) is 2.15. The van der Waals surface area contributed by atoms with E-state index in [4.69, 9.17) is 9.47 Å². The molecule has 0 fully saturated rings. The van der Waals surface area contributed by atoms with E-state index in [9.17, 15) is 9.59 Å². The van der Waals surface area contributed by atoms with E-state index in [1.54, 1.807) is 11.8 Å². The number of hydrogen-bond donors (Lipinski definition) is 0. The molecule has 0 bridgehead atoms. The molecule has 2 aliphatic rings. The van der Waals surface area contributed by atoms with Crippen molar-refractivity contribution in [3.63, 3.8) is 0 Å². The lowest BCUT2D eigenvalue weighted by molar-refractivity contribution is -0.145. The normalized spacial score (nSPS) is 24.1. The van der Waals surface area contributed by atoms with E-state index in [-0.39, 0.29) is 24.1 Å². The third kappa shape index (κ3) is 5.27. The van der Waals surface area contributed by atoms with E-state index in [1.165, 1.54) is 13.8 Å². The number of hydrogen-bond acceptors (Lipinski definition) is 5. The van der Waals surface area contributed by atoms with Crippen LogP contribution in [0.15, 0.2) is 46.3 Å². The average molecular weight is 306 g/mol. The summed E-state index contributed by atoms with van der Waals surface area (Å²) in [5, 5.41) is 0. The molecular weight excluding hydrogens is 288 g/mol. The van der Waals surface area contributed by atoms with Gasteiger partial charge in [0.05, 0.1) is 0 Å². The van der Waals surface area contributed by atoms with Gasteiger partial charge in [0.2, 0.25) is 0 Å². The first-order valence-corrected chi connectivity index (χ1v) is 7.61. The first-order valence-electron chi connectivity index (χ1n) is 6.80. The van der Waals surface area contributed by atoms with Crippen molar-refractivity contribution in [3.8, 4) is 0 Å². The van der Waals surface area contributed by atoms with Crippen molar-refractivity contribution in [1.29, 1.82) is 0 Å². The van der Waals surface area contributed by atoms with Gasteiger partial charge in [0.15, 0.2) is 0 Å². The van der Waals surface area contributed by atoms with Crippen LogP contribution < -0.4 is 0 Å². The van der Waals surface area contributed by atoms with Crippen LogP contribution in [0.25, 0.3) is 0 Å². The van der Waals surface area contributed by atoms with Gasteiger partial charge in [-0.2, -0.15) is 0 Å². The SMILES string of the molecule is CC(=O)OC1C=CC=C(SC2=CC=CC(OC(C)=O)C2)C1. The molecule has 21 heavy (non-hydrogen) atoms. The summed E-state index contributed by atoms with van der Waals surface area (Å²) in [6.07, 6.45) is 12.6. The number of rotatable bonds is 4. The second-order valence-electron chi connectivity index (χ2n) is 4.84. The van der Waals surface area contributed by atoms with E-state index >= 15 is 0 Å². The molecule has 0 N–H and O–H groups in total. The van der Waals surface area contributed by atoms with Crippen LogP contribution in [-0.4, -0.2) is 24.1 Å². The van der Waals surface area contributed by atoms with Gasteiger partial charge in [0.25, 0.3) is 0 Å². The van der Waals surface area contributed by atoms with E-state index in [2.05, 4.69) is 0 Å². The average Bonchev–Trinajstić information content (AvgIpc) is 2.37. The zero-order chi connectivity index (χ0) is 15.2. The Hall–Kier alpha value is -1.75. The van der Waals surface area contributed by atoms with Crippen molar-refractivity contribution in [2.24, 2.45) is 0 Å². The zero-order valence-electron chi connectivity index (χ0n) is 12.1. The predicted octanol–water partition coefficient (Wildman–Crippen LogP) is 3.27. The molecule has 5 heteroatoms. The number of carbonyl (C=O) groups is 2. The molecule has 0 aromatic rings. The van der Waals surface area contributed by atoms with E-state index in [0.717, 1.165) is 9.81 Å². The molecule has 2 atom stereocenters. The highest BCUT2D eigenvalue weighted by molar-refractivity contribution is 8.06. The quantitative estimate of drug-likeness (QED) is 0.746. The molecule has 0 amide bonds. The van der Waals surface area contributed by atoms with Gasteiger partial charge in [0, 0.05) is 26.7 Å². The summed E-state index contributed by atoms with van der Waals surface area (Å²) in [7, 11) is 0. The molecule has 0 aromatic heterocycles. The van der Waals surface area contributed by atoms with Crippen LogP contribution >= 0.6 is 11.8 Å². The number of thioether (sulfide) groups is 1. The van der Waals surface area contributed by atoms with Gasteiger partial charge in [-0.25, -0.2) is 0 Å². The van der Waals surface area contributed by atoms with Crippen LogP contribution in [0.4, 0.5) is 0 Å². The lowest BCUT2D eigenvalue weighted by Crippen LogP contribution is -2.17. The van der Waals surface area contributed by atoms with Crippen LogP contribution in [0, 0.1) is 0 Å². The molecule has 0 radical (unpaired) electrons. The van der Waals surface area contributed by atoms with Gasteiger partial charge < -0.3 is 9.47 Å². The van der Waals surface area contributed by atoms with Gasteiger partial charge in [-0.1, -0.05) is 36.1 Å². The number of ether oxygens (including phenoxy) is 2. The molecule has 0 heterocycles.